The van der Waals surface area contributed by atoms with E-state index in [2.05, 4.69) is 31.2 Å². The number of pyridine rings is 2. The summed E-state index contributed by atoms with van der Waals surface area (Å²) in [5.41, 5.74) is 3.02. The lowest BCUT2D eigenvalue weighted by Gasteiger charge is -2.17. The van der Waals surface area contributed by atoms with Crippen LogP contribution in [0.1, 0.15) is 30.9 Å². The normalized spacial score (nSPS) is 15.1. The van der Waals surface area contributed by atoms with Crippen LogP contribution in [0, 0.1) is 5.82 Å². The van der Waals surface area contributed by atoms with Gasteiger partial charge in [-0.2, -0.15) is 8.78 Å². The number of alkyl halides is 2. The number of rotatable bonds is 14. The Morgan fingerprint density at radius 2 is 1.79 bits per heavy atom. The number of benzene rings is 2. The molecule has 0 radical (unpaired) electrons. The molecule has 2 atom stereocenters. The Kier molecular flexibility index (Phi) is 11.5. The fourth-order valence-electron chi connectivity index (χ4n) is 5.21. The third-order valence-corrected chi connectivity index (χ3v) is 8.29. The van der Waals surface area contributed by atoms with Crippen LogP contribution in [-0.4, -0.2) is 52.8 Å². The summed E-state index contributed by atoms with van der Waals surface area (Å²) < 4.78 is 46.9. The summed E-state index contributed by atoms with van der Waals surface area (Å²) in [4.78, 5) is 20.0. The standard InChI is InChI=1S/C33H33Cl2F3N6O3/c1-18(45)14-39-16-21-9-11-42-32(30(21)36)44-25-4-2-3-23(28(25)34)24-10-12-41-31(29(24)35)19-5-6-20(26(13-19)47-33(37)38)15-40-17-22-7-8-27(46)43-22/h2-6,9-13,18,22,33,39-40,45H,7-8,14-17H2,1H3,(H,42,44)(H,43,46)/t18-,22-/m1/s1. The quantitative estimate of drug-likeness (QED) is 0.103. The molecule has 47 heavy (non-hydrogen) atoms. The number of aliphatic hydroxyl groups is 1. The van der Waals surface area contributed by atoms with Crippen molar-refractivity contribution >= 4 is 40.6 Å². The minimum Gasteiger partial charge on any atom is -0.434 e. The first-order valence-electron chi connectivity index (χ1n) is 14.9. The highest BCUT2D eigenvalue weighted by atomic mass is 35.5. The molecule has 4 aromatic rings. The monoisotopic (exact) mass is 688 g/mol. The second-order valence-corrected chi connectivity index (χ2v) is 11.8. The van der Waals surface area contributed by atoms with Gasteiger partial charge in [0.1, 0.15) is 5.75 Å². The van der Waals surface area contributed by atoms with E-state index in [0.29, 0.717) is 65.1 Å². The first-order valence-corrected chi connectivity index (χ1v) is 15.7. The molecule has 2 aromatic heterocycles. The second kappa shape index (κ2) is 15.8. The number of carbonyl (C=O) groups is 1. The van der Waals surface area contributed by atoms with Crippen LogP contribution >= 0.6 is 23.2 Å². The van der Waals surface area contributed by atoms with E-state index in [1.807, 2.05) is 0 Å². The summed E-state index contributed by atoms with van der Waals surface area (Å²) in [7, 11) is 0. The Balaban J connectivity index is 1.38. The predicted octanol–water partition coefficient (Wildman–Crippen LogP) is 6.44. The van der Waals surface area contributed by atoms with Gasteiger partial charge in [0, 0.05) is 78.9 Å². The van der Waals surface area contributed by atoms with Gasteiger partial charge in [-0.3, -0.25) is 9.78 Å². The van der Waals surface area contributed by atoms with Crippen LogP contribution in [0.2, 0.25) is 10.0 Å². The predicted molar refractivity (Wildman–Crippen MR) is 175 cm³/mol. The Labute approximate surface area is 279 Å². The van der Waals surface area contributed by atoms with Gasteiger partial charge in [0.25, 0.3) is 0 Å². The van der Waals surface area contributed by atoms with Crippen LogP contribution in [0.25, 0.3) is 22.4 Å². The number of carbonyl (C=O) groups excluding carboxylic acids is 1. The van der Waals surface area contributed by atoms with Crippen molar-refractivity contribution < 1.29 is 27.8 Å². The van der Waals surface area contributed by atoms with Crippen molar-refractivity contribution in [2.24, 2.45) is 0 Å². The molecular weight excluding hydrogens is 656 g/mol. The minimum absolute atomic E-state index is 0.00629. The highest BCUT2D eigenvalue weighted by molar-refractivity contribution is 6.39. The molecule has 248 valence electrons. The van der Waals surface area contributed by atoms with Crippen molar-refractivity contribution in [1.29, 1.82) is 0 Å². The second-order valence-electron chi connectivity index (χ2n) is 11.1. The number of ether oxygens (including phenoxy) is 1. The molecule has 1 amide bonds. The summed E-state index contributed by atoms with van der Waals surface area (Å²) in [6.45, 7) is -0.201. The van der Waals surface area contributed by atoms with Gasteiger partial charge in [-0.25, -0.2) is 9.37 Å². The smallest absolute Gasteiger partial charge is 0.387 e. The van der Waals surface area contributed by atoms with Gasteiger partial charge in [0.05, 0.1) is 27.5 Å². The van der Waals surface area contributed by atoms with Gasteiger partial charge in [-0.15, -0.1) is 0 Å². The van der Waals surface area contributed by atoms with E-state index >= 15 is 4.39 Å². The number of hydrogen-bond acceptors (Lipinski definition) is 8. The first-order chi connectivity index (χ1) is 22.6. The maximum absolute atomic E-state index is 15.3. The van der Waals surface area contributed by atoms with E-state index in [1.165, 1.54) is 18.5 Å². The summed E-state index contributed by atoms with van der Waals surface area (Å²) in [6.07, 6.45) is 3.59. The van der Waals surface area contributed by atoms with Crippen molar-refractivity contribution in [2.75, 3.05) is 18.4 Å². The molecule has 5 N–H and O–H groups in total. The first kappa shape index (κ1) is 34.4. The lowest BCUT2D eigenvalue weighted by molar-refractivity contribution is -0.119. The van der Waals surface area contributed by atoms with Gasteiger partial charge < -0.3 is 31.1 Å². The molecule has 1 fully saturated rings. The summed E-state index contributed by atoms with van der Waals surface area (Å²) >= 11 is 13.7. The number of halogens is 5. The highest BCUT2D eigenvalue weighted by Gasteiger charge is 2.21. The van der Waals surface area contributed by atoms with Crippen molar-refractivity contribution in [3.05, 3.63) is 87.9 Å². The van der Waals surface area contributed by atoms with Gasteiger partial charge in [0.15, 0.2) is 11.6 Å². The maximum Gasteiger partial charge on any atom is 0.387 e. The zero-order chi connectivity index (χ0) is 33.5. The summed E-state index contributed by atoms with van der Waals surface area (Å²) in [5.74, 6) is -0.642. The Hall–Kier alpha value is -3.94. The fourth-order valence-corrected chi connectivity index (χ4v) is 5.80. The fraction of sp³-hybridized carbons (Fsp3) is 0.303. The van der Waals surface area contributed by atoms with Gasteiger partial charge in [-0.05, 0) is 37.6 Å². The average molecular weight is 690 g/mol. The topological polar surface area (TPSA) is 120 Å². The number of amides is 1. The highest BCUT2D eigenvalue weighted by Crippen LogP contribution is 2.42. The van der Waals surface area contributed by atoms with Crippen LogP contribution in [0.5, 0.6) is 5.75 Å². The number of nitrogens with one attached hydrogen (secondary N) is 4. The average Bonchev–Trinajstić information content (AvgIpc) is 3.45. The molecule has 0 bridgehead atoms. The van der Waals surface area contributed by atoms with E-state index in [-0.39, 0.29) is 46.7 Å². The van der Waals surface area contributed by atoms with Crippen LogP contribution in [-0.2, 0) is 17.9 Å². The molecule has 0 spiro atoms. The number of anilines is 2. The molecule has 0 unspecified atom stereocenters. The molecular formula is C33H33Cl2F3N6O3. The summed E-state index contributed by atoms with van der Waals surface area (Å²) in [5, 5.41) is 21.9. The molecule has 5 rings (SSSR count). The Morgan fingerprint density at radius 1 is 1.02 bits per heavy atom. The summed E-state index contributed by atoms with van der Waals surface area (Å²) in [6, 6.07) is 13.2. The maximum atomic E-state index is 15.3. The van der Waals surface area contributed by atoms with E-state index in [4.69, 9.17) is 27.9 Å². The Bertz CT molecular complexity index is 1730. The molecule has 1 aliphatic heterocycles. The van der Waals surface area contributed by atoms with Crippen LogP contribution in [0.3, 0.4) is 0 Å². The number of nitrogens with zero attached hydrogens (tertiary/aromatic N) is 2. The van der Waals surface area contributed by atoms with E-state index in [1.54, 1.807) is 49.4 Å². The van der Waals surface area contributed by atoms with Gasteiger partial charge in [-0.1, -0.05) is 47.5 Å². The third kappa shape index (κ3) is 8.70. The Morgan fingerprint density at radius 3 is 2.53 bits per heavy atom. The molecule has 0 saturated carbocycles. The van der Waals surface area contributed by atoms with Crippen LogP contribution in [0.4, 0.5) is 24.7 Å². The SMILES string of the molecule is C[C@@H](O)CNCc1ccnc(Nc2cccc(-c3ccnc(-c4ccc(CNC[C@H]5CCC(=O)N5)c(OC(F)F)c4)c3Cl)c2Cl)c1F. The lowest BCUT2D eigenvalue weighted by Crippen LogP contribution is -2.35. The lowest BCUT2D eigenvalue weighted by atomic mass is 10.0. The minimum atomic E-state index is -3.05. The molecule has 3 heterocycles. The molecule has 0 aliphatic carbocycles. The number of hydrogen-bond donors (Lipinski definition) is 5. The van der Waals surface area contributed by atoms with E-state index in [9.17, 15) is 18.7 Å². The number of aliphatic hydroxyl groups excluding tert-OH is 1. The largest absolute Gasteiger partial charge is 0.434 e. The van der Waals surface area contributed by atoms with E-state index in [0.717, 1.165) is 0 Å². The molecule has 1 saturated heterocycles. The zero-order valence-electron chi connectivity index (χ0n) is 25.3. The van der Waals surface area contributed by atoms with Crippen molar-refractivity contribution in [3.8, 4) is 28.1 Å². The van der Waals surface area contributed by atoms with Gasteiger partial charge >= 0.3 is 6.61 Å². The van der Waals surface area contributed by atoms with Crippen molar-refractivity contribution in [3.63, 3.8) is 0 Å². The van der Waals surface area contributed by atoms with Gasteiger partial charge in [0.2, 0.25) is 5.91 Å². The van der Waals surface area contributed by atoms with Crippen molar-refractivity contribution in [1.82, 2.24) is 25.9 Å². The number of aromatic nitrogens is 2. The van der Waals surface area contributed by atoms with Crippen LogP contribution in [0.15, 0.2) is 60.9 Å². The third-order valence-electron chi connectivity index (χ3n) is 7.50. The molecule has 14 heteroatoms. The molecule has 1 aliphatic rings. The van der Waals surface area contributed by atoms with Crippen LogP contribution < -0.4 is 26.0 Å². The van der Waals surface area contributed by atoms with E-state index < -0.39 is 18.5 Å². The zero-order valence-corrected chi connectivity index (χ0v) is 26.8. The molecule has 2 aromatic carbocycles. The molecule has 9 nitrogen and oxygen atoms in total. The van der Waals surface area contributed by atoms with Crippen molar-refractivity contribution in [2.45, 2.75) is 51.6 Å².